The van der Waals surface area contributed by atoms with Gasteiger partial charge in [-0.1, -0.05) is 32.1 Å². The van der Waals surface area contributed by atoms with Gasteiger partial charge in [-0.2, -0.15) is 5.10 Å². The fraction of sp³-hybridized carbons (Fsp3) is 0.692. The zero-order valence-electron chi connectivity index (χ0n) is 22.3. The van der Waals surface area contributed by atoms with Crippen LogP contribution in [0, 0.1) is 24.7 Å². The summed E-state index contributed by atoms with van der Waals surface area (Å²) in [5, 5.41) is 28.8. The maximum Gasteiger partial charge on any atom is 0.343 e. The fourth-order valence-electron chi connectivity index (χ4n) is 7.65. The Labute approximate surface area is 227 Å². The van der Waals surface area contributed by atoms with Crippen LogP contribution in [0.4, 0.5) is 0 Å². The molecule has 1 spiro atoms. The van der Waals surface area contributed by atoms with Crippen LogP contribution in [0.3, 0.4) is 0 Å². The number of nitrogens with one attached hydrogen (secondary N) is 4. The lowest BCUT2D eigenvalue weighted by Gasteiger charge is -2.43. The lowest BCUT2D eigenvalue weighted by atomic mass is 9.65. The van der Waals surface area contributed by atoms with Crippen molar-refractivity contribution < 1.29 is 19.7 Å². The molecule has 5 aliphatic rings. The molecule has 1 aromatic rings. The second-order valence-electron chi connectivity index (χ2n) is 11.7. The molecule has 0 aromatic carbocycles. The van der Waals surface area contributed by atoms with Crippen LogP contribution < -0.4 is 32.4 Å². The van der Waals surface area contributed by atoms with E-state index < -0.39 is 29.9 Å². The van der Waals surface area contributed by atoms with Crippen molar-refractivity contribution in [3.05, 3.63) is 23.5 Å². The van der Waals surface area contributed by atoms with Crippen LogP contribution in [0.5, 0.6) is 0 Å². The van der Waals surface area contributed by atoms with Gasteiger partial charge >= 0.3 is 5.96 Å². The average molecular weight is 540 g/mol. The molecule has 2 saturated carbocycles. The summed E-state index contributed by atoms with van der Waals surface area (Å²) in [6, 6.07) is 1.71. The summed E-state index contributed by atoms with van der Waals surface area (Å²) in [7, 11) is 0. The monoisotopic (exact) mass is 539 g/mol. The van der Waals surface area contributed by atoms with Gasteiger partial charge in [0, 0.05) is 19.0 Å². The Morgan fingerprint density at radius 2 is 1.97 bits per heavy atom. The largest absolute Gasteiger partial charge is 0.385 e. The van der Waals surface area contributed by atoms with Gasteiger partial charge in [0.1, 0.15) is 12.1 Å². The van der Waals surface area contributed by atoms with Gasteiger partial charge in [0.2, 0.25) is 11.6 Å². The number of hydrogen-bond acceptors (Lipinski definition) is 10. The maximum absolute atomic E-state index is 13.6. The lowest BCUT2D eigenvalue weighted by molar-refractivity contribution is -0.513. The predicted octanol–water partition coefficient (Wildman–Crippen LogP) is -2.96. The van der Waals surface area contributed by atoms with Gasteiger partial charge in [-0.15, -0.1) is 5.10 Å². The molecule has 3 aliphatic heterocycles. The number of amides is 2. The number of carbonyl (C=O) groups excluding carboxylic acids is 2. The zero-order chi connectivity index (χ0) is 27.3. The number of guanidine groups is 2. The summed E-state index contributed by atoms with van der Waals surface area (Å²) in [6.45, 7) is 2.22. The van der Waals surface area contributed by atoms with Gasteiger partial charge in [0.25, 0.3) is 5.91 Å². The van der Waals surface area contributed by atoms with Crippen molar-refractivity contribution in [3.8, 4) is 0 Å². The van der Waals surface area contributed by atoms with Crippen LogP contribution in [0.1, 0.15) is 61.1 Å². The molecule has 210 valence electrons. The lowest BCUT2D eigenvalue weighted by Crippen LogP contribution is -2.88. The minimum absolute atomic E-state index is 0.0184. The van der Waals surface area contributed by atoms with E-state index >= 15 is 0 Å². The molecule has 2 aliphatic carbocycles. The van der Waals surface area contributed by atoms with E-state index in [1.165, 1.54) is 25.7 Å². The van der Waals surface area contributed by atoms with Gasteiger partial charge in [-0.05, 0) is 43.7 Å². The van der Waals surface area contributed by atoms with Gasteiger partial charge < -0.3 is 26.4 Å². The van der Waals surface area contributed by atoms with E-state index in [0.717, 1.165) is 19.3 Å². The number of fused-ring (bicyclic) bond motifs is 1. The Hall–Kier alpha value is -3.48. The first-order valence-corrected chi connectivity index (χ1v) is 14.1. The molecular formula is C26H39N10O3+. The number of nitrogens with zero attached hydrogens (tertiary/aromatic N) is 4. The summed E-state index contributed by atoms with van der Waals surface area (Å²) in [5.41, 5.74) is 12.4. The van der Waals surface area contributed by atoms with E-state index in [1.54, 1.807) is 24.0 Å². The molecule has 3 fully saturated rings. The highest BCUT2D eigenvalue weighted by Crippen LogP contribution is 2.44. The number of aliphatic hydroxyl groups is 1. The maximum atomic E-state index is 13.6. The third-order valence-electron chi connectivity index (χ3n) is 9.48. The topological polar surface area (TPSA) is 198 Å². The number of aliphatic hydroxyl groups excluding tert-OH is 1. The SMILES string of the molecule is Cc1ccc(C(=O)NC[C@@H]2N=C(N)N3CC(NC(=O)C4CCCC5CCCCC54)[C@@H](O)[C@@]34NC(N)=[NH+][C@@H]24)nn1. The molecule has 13 heteroatoms. The van der Waals surface area contributed by atoms with Crippen LogP contribution in [-0.4, -0.2) is 86.9 Å². The van der Waals surface area contributed by atoms with Crippen LogP contribution in [0.25, 0.3) is 0 Å². The standard InChI is InChI=1S/C26H38N10O3/c1-13-9-10-17(35-34-13)23(39)29-11-18-20-26(33-24(27)32-20)21(37)19(12-36(26)25(28)31-18)30-22(38)16-8-4-6-14-5-2-3-7-15(14)16/h9-10,14-16,18-21,37H,2-8,11-12H2,1H3,(H2,28,31)(H,29,39)(H,30,38)(H3,27,32,33)/p+1/t14?,15?,16?,18-,19?,20-,21+,26-/m0/s1. The Balaban J connectivity index is 1.18. The van der Waals surface area contributed by atoms with Crippen molar-refractivity contribution in [1.82, 2.24) is 31.0 Å². The van der Waals surface area contributed by atoms with Gasteiger partial charge in [-0.25, -0.2) is 10.3 Å². The third-order valence-corrected chi connectivity index (χ3v) is 9.48. The van der Waals surface area contributed by atoms with Crippen molar-refractivity contribution in [2.24, 2.45) is 34.2 Å². The molecule has 1 saturated heterocycles. The predicted molar refractivity (Wildman–Crippen MR) is 142 cm³/mol. The molecule has 0 radical (unpaired) electrons. The quantitative estimate of drug-likeness (QED) is 0.204. The number of aromatic nitrogens is 2. The number of hydrogen-bond donors (Lipinski definition) is 7. The minimum atomic E-state index is -1.12. The molecule has 6 rings (SSSR count). The number of aliphatic imine (C=N–C) groups is 1. The van der Waals surface area contributed by atoms with Crippen LogP contribution in [-0.2, 0) is 4.79 Å². The highest BCUT2D eigenvalue weighted by atomic mass is 16.3. The molecule has 0 bridgehead atoms. The number of nitrogens with two attached hydrogens (primary N) is 2. The van der Waals surface area contributed by atoms with Crippen molar-refractivity contribution >= 4 is 23.7 Å². The molecule has 39 heavy (non-hydrogen) atoms. The number of carbonyl (C=O) groups is 2. The van der Waals surface area contributed by atoms with E-state index in [-0.39, 0.29) is 41.9 Å². The summed E-state index contributed by atoms with van der Waals surface area (Å²) in [4.78, 5) is 35.9. The van der Waals surface area contributed by atoms with Crippen molar-refractivity contribution in [1.29, 1.82) is 0 Å². The van der Waals surface area contributed by atoms with E-state index in [4.69, 9.17) is 11.5 Å². The van der Waals surface area contributed by atoms with E-state index in [1.807, 2.05) is 0 Å². The second kappa shape index (κ2) is 9.92. The molecule has 13 nitrogen and oxygen atoms in total. The molecule has 1 aromatic heterocycles. The molecule has 4 unspecified atom stereocenters. The molecule has 4 heterocycles. The molecular weight excluding hydrogens is 500 g/mol. The van der Waals surface area contributed by atoms with Crippen LogP contribution >= 0.6 is 0 Å². The first-order valence-electron chi connectivity index (χ1n) is 14.1. The van der Waals surface area contributed by atoms with Crippen LogP contribution in [0.2, 0.25) is 0 Å². The second-order valence-corrected chi connectivity index (χ2v) is 11.7. The number of aryl methyl sites for hydroxylation is 1. The minimum Gasteiger partial charge on any atom is -0.385 e. The Kier molecular flexibility index (Phi) is 6.56. The highest BCUT2D eigenvalue weighted by molar-refractivity contribution is 5.92. The van der Waals surface area contributed by atoms with Gasteiger partial charge in [-0.3, -0.25) is 20.3 Å². The van der Waals surface area contributed by atoms with E-state index in [9.17, 15) is 14.7 Å². The first kappa shape index (κ1) is 25.8. The summed E-state index contributed by atoms with van der Waals surface area (Å²) < 4.78 is 0. The van der Waals surface area contributed by atoms with Gasteiger partial charge in [0.15, 0.2) is 17.7 Å². The number of rotatable bonds is 5. The zero-order valence-corrected chi connectivity index (χ0v) is 22.3. The molecule has 8 atom stereocenters. The summed E-state index contributed by atoms with van der Waals surface area (Å²) in [5.74, 6) is 1.15. The summed E-state index contributed by atoms with van der Waals surface area (Å²) in [6.07, 6.45) is 6.91. The highest BCUT2D eigenvalue weighted by Gasteiger charge is 2.68. The normalized spacial score (nSPS) is 37.0. The smallest absolute Gasteiger partial charge is 0.343 e. The average Bonchev–Trinajstić information content (AvgIpc) is 3.43. The Bertz CT molecular complexity index is 1190. The van der Waals surface area contributed by atoms with Crippen molar-refractivity contribution in [3.63, 3.8) is 0 Å². The molecule has 9 N–H and O–H groups in total. The Morgan fingerprint density at radius 1 is 1.18 bits per heavy atom. The Morgan fingerprint density at radius 3 is 2.77 bits per heavy atom. The first-order chi connectivity index (χ1) is 18.8. The fourth-order valence-corrected chi connectivity index (χ4v) is 7.65. The van der Waals surface area contributed by atoms with E-state index in [0.29, 0.717) is 24.1 Å². The third kappa shape index (κ3) is 4.36. The summed E-state index contributed by atoms with van der Waals surface area (Å²) >= 11 is 0. The van der Waals surface area contributed by atoms with Crippen molar-refractivity contribution in [2.45, 2.75) is 81.8 Å². The van der Waals surface area contributed by atoms with E-state index in [2.05, 4.69) is 36.1 Å². The van der Waals surface area contributed by atoms with Crippen molar-refractivity contribution in [2.75, 3.05) is 13.1 Å². The van der Waals surface area contributed by atoms with Crippen LogP contribution in [0.15, 0.2) is 17.1 Å². The molecule has 2 amide bonds. The van der Waals surface area contributed by atoms with Gasteiger partial charge in [0.05, 0.1) is 11.7 Å².